The van der Waals surface area contributed by atoms with Gasteiger partial charge in [0.05, 0.1) is 29.0 Å². The van der Waals surface area contributed by atoms with Gasteiger partial charge in [0.15, 0.2) is 16.6 Å². The third-order valence-electron chi connectivity index (χ3n) is 14.0. The molecule has 0 saturated heterocycles. The van der Waals surface area contributed by atoms with Gasteiger partial charge in [0.1, 0.15) is 17.6 Å². The number of pyridine rings is 2. The maximum atomic E-state index is 14.4. The number of rotatable bonds is 17. The fraction of sp³-hybridized carbons (Fsp3) is 0.574. The largest absolute Gasteiger partial charge is 0.465 e. The standard InChI is InChI=1S/C28H41ClFNO3Si.C26H39ClFNO2Si/c1-10-33-26(32)24(21(27(2,3)4)18-34-35(8,9)28(5,6)7)23-15-14-19(17-31-23)16-20-12-11-13-22(29)25(20)30;1-25(2,3)21(17-31-32(7,8)26(4,5)6)20(16-30)23-13-12-18(15-29-23)14-19-10-9-11-22(27)24(19)28/h11-15,17,21,24H,10,16,18H2,1-9H3;9-13,15,20-21,30H,14,16-17H2,1-8H3/t21-,24?;20?,21-/m00/s1. The van der Waals surface area contributed by atoms with Crippen LogP contribution in [0.2, 0.25) is 46.3 Å². The first kappa shape index (κ1) is 58.3. The highest BCUT2D eigenvalue weighted by molar-refractivity contribution is 6.74. The number of benzene rings is 2. The molecule has 0 amide bonds. The highest BCUT2D eigenvalue weighted by Crippen LogP contribution is 2.44. The molecular formula is C54H80Cl2F2N2O5Si2. The second kappa shape index (κ2) is 23.7. The summed E-state index contributed by atoms with van der Waals surface area (Å²) in [5.41, 5.74) is 3.95. The molecule has 13 heteroatoms. The van der Waals surface area contributed by atoms with Crippen molar-refractivity contribution in [3.05, 3.63) is 128 Å². The summed E-state index contributed by atoms with van der Waals surface area (Å²) in [5.74, 6) is -1.86. The van der Waals surface area contributed by atoms with Crippen molar-refractivity contribution in [2.75, 3.05) is 26.4 Å². The molecule has 0 aliphatic heterocycles. The van der Waals surface area contributed by atoms with E-state index in [9.17, 15) is 18.7 Å². The van der Waals surface area contributed by atoms with Gasteiger partial charge in [0.2, 0.25) is 0 Å². The smallest absolute Gasteiger partial charge is 0.315 e. The summed E-state index contributed by atoms with van der Waals surface area (Å²) in [5, 5.41) is 10.7. The summed E-state index contributed by atoms with van der Waals surface area (Å²) in [6.45, 7) is 38.3. The maximum absolute atomic E-state index is 14.4. The Morgan fingerprint density at radius 2 is 1.04 bits per heavy atom. The zero-order valence-electron chi connectivity index (χ0n) is 43.5. The molecule has 0 aliphatic carbocycles. The van der Waals surface area contributed by atoms with Crippen LogP contribution in [0, 0.1) is 34.3 Å². The van der Waals surface area contributed by atoms with E-state index >= 15 is 0 Å². The lowest BCUT2D eigenvalue weighted by atomic mass is 9.72. The Hall–Kier alpha value is -3.04. The first-order chi connectivity index (χ1) is 30.8. The Morgan fingerprint density at radius 3 is 1.39 bits per heavy atom. The summed E-state index contributed by atoms with van der Waals surface area (Å²) in [6, 6.07) is 17.7. The second-order valence-electron chi connectivity index (χ2n) is 23.1. The Morgan fingerprint density at radius 1 is 0.642 bits per heavy atom. The van der Waals surface area contributed by atoms with Gasteiger partial charge in [-0.2, -0.15) is 0 Å². The third kappa shape index (κ3) is 16.3. The quantitative estimate of drug-likeness (QED) is 0.0832. The molecule has 0 aliphatic rings. The molecule has 7 nitrogen and oxygen atoms in total. The van der Waals surface area contributed by atoms with Crippen LogP contribution in [0.25, 0.3) is 0 Å². The molecule has 1 N–H and O–H groups in total. The molecular weight excluding hydrogens is 922 g/mol. The van der Waals surface area contributed by atoms with E-state index in [1.165, 1.54) is 6.07 Å². The van der Waals surface area contributed by atoms with Gasteiger partial charge in [-0.05, 0) is 106 Å². The van der Waals surface area contributed by atoms with Gasteiger partial charge in [-0.1, -0.05) is 143 Å². The topological polar surface area (TPSA) is 90.8 Å². The number of carbonyl (C=O) groups is 1. The fourth-order valence-electron chi connectivity index (χ4n) is 7.29. The van der Waals surface area contributed by atoms with E-state index in [4.69, 9.17) is 36.8 Å². The van der Waals surface area contributed by atoms with E-state index < -0.39 is 28.4 Å². The summed E-state index contributed by atoms with van der Waals surface area (Å²) in [7, 11) is -3.94. The number of nitrogens with zero attached hydrogens (tertiary/aromatic N) is 2. The van der Waals surface area contributed by atoms with E-state index in [1.54, 1.807) is 42.7 Å². The molecule has 372 valence electrons. The van der Waals surface area contributed by atoms with Crippen molar-refractivity contribution >= 4 is 45.8 Å². The lowest BCUT2D eigenvalue weighted by Crippen LogP contribution is -2.45. The Labute approximate surface area is 414 Å². The monoisotopic (exact) mass is 1000 g/mol. The van der Waals surface area contributed by atoms with Crippen LogP contribution in [0.1, 0.15) is 135 Å². The molecule has 2 aromatic heterocycles. The molecule has 4 atom stereocenters. The van der Waals surface area contributed by atoms with Crippen LogP contribution in [-0.2, 0) is 31.2 Å². The van der Waals surface area contributed by atoms with Gasteiger partial charge in [-0.3, -0.25) is 14.8 Å². The Bertz CT molecular complexity index is 2200. The molecule has 0 radical (unpaired) electrons. The van der Waals surface area contributed by atoms with Gasteiger partial charge in [0, 0.05) is 56.0 Å². The number of esters is 1. The normalized spacial score (nSPS) is 14.7. The molecule has 67 heavy (non-hydrogen) atoms. The Balaban J connectivity index is 0.000000357. The van der Waals surface area contributed by atoms with E-state index in [2.05, 4.69) is 119 Å². The van der Waals surface area contributed by atoms with Gasteiger partial charge < -0.3 is 18.7 Å². The predicted octanol–water partition coefficient (Wildman–Crippen LogP) is 15.0. The van der Waals surface area contributed by atoms with Crippen LogP contribution in [-0.4, -0.2) is 64.1 Å². The van der Waals surface area contributed by atoms with Crippen molar-refractivity contribution in [2.45, 2.75) is 151 Å². The molecule has 2 aromatic carbocycles. The number of ether oxygens (including phenoxy) is 1. The highest BCUT2D eigenvalue weighted by Gasteiger charge is 2.44. The summed E-state index contributed by atoms with van der Waals surface area (Å²) in [6.07, 6.45) is 4.25. The zero-order chi connectivity index (χ0) is 50.9. The Kier molecular flexibility index (Phi) is 20.6. The average molecular weight is 1000 g/mol. The number of halogens is 4. The highest BCUT2D eigenvalue weighted by atomic mass is 35.5. The maximum Gasteiger partial charge on any atom is 0.315 e. The van der Waals surface area contributed by atoms with E-state index in [-0.39, 0.29) is 67.1 Å². The fourth-order valence-corrected chi connectivity index (χ4v) is 9.74. The molecule has 0 bridgehead atoms. The van der Waals surface area contributed by atoms with Crippen molar-refractivity contribution in [1.82, 2.24) is 9.97 Å². The second-order valence-corrected chi connectivity index (χ2v) is 33.5. The molecule has 4 rings (SSSR count). The molecule has 0 spiro atoms. The molecule has 2 heterocycles. The molecule has 0 fully saturated rings. The average Bonchev–Trinajstić information content (AvgIpc) is 3.21. The van der Waals surface area contributed by atoms with Crippen molar-refractivity contribution in [3.63, 3.8) is 0 Å². The van der Waals surface area contributed by atoms with Crippen LogP contribution in [0.3, 0.4) is 0 Å². The first-order valence-electron chi connectivity index (χ1n) is 23.6. The summed E-state index contributed by atoms with van der Waals surface area (Å²) >= 11 is 11.8. The van der Waals surface area contributed by atoms with Crippen LogP contribution in [0.5, 0.6) is 0 Å². The van der Waals surface area contributed by atoms with E-state index in [1.807, 2.05) is 31.2 Å². The number of carbonyl (C=O) groups excluding carboxylic acids is 1. The van der Waals surface area contributed by atoms with Crippen LogP contribution < -0.4 is 0 Å². The number of aliphatic hydroxyl groups excluding tert-OH is 1. The number of aromatic nitrogens is 2. The van der Waals surface area contributed by atoms with Crippen molar-refractivity contribution in [1.29, 1.82) is 0 Å². The van der Waals surface area contributed by atoms with Gasteiger partial charge in [-0.15, -0.1) is 0 Å². The lowest BCUT2D eigenvalue weighted by molar-refractivity contribution is -0.148. The molecule has 4 aromatic rings. The number of aliphatic hydroxyl groups is 1. The van der Waals surface area contributed by atoms with Crippen molar-refractivity contribution in [3.8, 4) is 0 Å². The van der Waals surface area contributed by atoms with Crippen LogP contribution in [0.4, 0.5) is 8.78 Å². The number of hydrogen-bond acceptors (Lipinski definition) is 7. The summed E-state index contributed by atoms with van der Waals surface area (Å²) in [4.78, 5) is 22.6. The first-order valence-corrected chi connectivity index (χ1v) is 30.1. The minimum absolute atomic E-state index is 0.00192. The van der Waals surface area contributed by atoms with E-state index in [0.717, 1.165) is 16.8 Å². The number of hydrogen-bond donors (Lipinski definition) is 1. The van der Waals surface area contributed by atoms with Crippen LogP contribution in [0.15, 0.2) is 73.1 Å². The molecule has 2 unspecified atom stereocenters. The summed E-state index contributed by atoms with van der Waals surface area (Å²) < 4.78 is 47.3. The molecule has 0 saturated carbocycles. The van der Waals surface area contributed by atoms with E-state index in [0.29, 0.717) is 49.5 Å². The lowest BCUT2D eigenvalue weighted by Gasteiger charge is -2.41. The third-order valence-corrected chi connectivity index (χ3v) is 23.5. The zero-order valence-corrected chi connectivity index (χ0v) is 47.0. The van der Waals surface area contributed by atoms with Crippen molar-refractivity contribution in [2.24, 2.45) is 22.7 Å². The van der Waals surface area contributed by atoms with Crippen LogP contribution >= 0.6 is 23.2 Å². The minimum atomic E-state index is -2.03. The SMILES string of the molecule is CC(C)(C)[C@@H](CO[Si](C)(C)C(C)(C)C)C(CO)c1ccc(Cc2cccc(Cl)c2F)cn1.CCOC(=O)C(c1ccc(Cc2cccc(Cl)c2F)cn1)[C@H](CO[Si](C)(C)C(C)(C)C)C(C)(C)C. The van der Waals surface area contributed by atoms with Gasteiger partial charge in [0.25, 0.3) is 0 Å². The predicted molar refractivity (Wildman–Crippen MR) is 278 cm³/mol. The minimum Gasteiger partial charge on any atom is -0.465 e. The van der Waals surface area contributed by atoms with Crippen molar-refractivity contribution < 1.29 is 32.3 Å². The van der Waals surface area contributed by atoms with Gasteiger partial charge in [-0.25, -0.2) is 8.78 Å². The van der Waals surface area contributed by atoms with Gasteiger partial charge >= 0.3 is 5.97 Å².